The van der Waals surface area contributed by atoms with Gasteiger partial charge in [-0.25, -0.2) is 4.79 Å². The summed E-state index contributed by atoms with van der Waals surface area (Å²) in [6.07, 6.45) is 2.29. The van der Waals surface area contributed by atoms with Gasteiger partial charge in [0.1, 0.15) is 0 Å². The van der Waals surface area contributed by atoms with Crippen LogP contribution in [0, 0.1) is 5.92 Å². The molecule has 6 heteroatoms. The third-order valence-corrected chi connectivity index (χ3v) is 6.26. The number of anilines is 1. The van der Waals surface area contributed by atoms with Crippen LogP contribution in [0.25, 0.3) is 0 Å². The van der Waals surface area contributed by atoms with E-state index in [0.717, 1.165) is 71.9 Å². The average molecular weight is 389 g/mol. The molecule has 6 nitrogen and oxygen atoms in total. The number of rotatable bonds is 7. The van der Waals surface area contributed by atoms with Gasteiger partial charge in [-0.15, -0.1) is 0 Å². The minimum atomic E-state index is 0.0805. The summed E-state index contributed by atoms with van der Waals surface area (Å²) in [5.74, 6) is 0.605. The summed E-state index contributed by atoms with van der Waals surface area (Å²) in [4.78, 5) is 19.6. The van der Waals surface area contributed by atoms with Crippen molar-refractivity contribution in [3.8, 4) is 0 Å². The smallest absolute Gasteiger partial charge is 0.317 e. The molecule has 28 heavy (non-hydrogen) atoms. The number of nitrogens with zero attached hydrogens (tertiary/aromatic N) is 3. The number of nitrogens with one attached hydrogen (secondary N) is 1. The van der Waals surface area contributed by atoms with Crippen LogP contribution < -0.4 is 10.2 Å². The Balaban J connectivity index is 1.50. The van der Waals surface area contributed by atoms with Crippen molar-refractivity contribution in [1.82, 2.24) is 15.1 Å². The van der Waals surface area contributed by atoms with E-state index in [-0.39, 0.29) is 6.03 Å². The van der Waals surface area contributed by atoms with Crippen molar-refractivity contribution >= 4 is 11.7 Å². The summed E-state index contributed by atoms with van der Waals surface area (Å²) in [6, 6.07) is 10.9. The van der Waals surface area contributed by atoms with Crippen molar-refractivity contribution in [2.75, 3.05) is 63.9 Å². The number of amides is 2. The van der Waals surface area contributed by atoms with Gasteiger partial charge in [-0.1, -0.05) is 44.9 Å². The van der Waals surface area contributed by atoms with E-state index in [0.29, 0.717) is 12.0 Å². The van der Waals surface area contributed by atoms with Crippen LogP contribution in [0.3, 0.4) is 0 Å². The first-order valence-corrected chi connectivity index (χ1v) is 10.9. The number of ether oxygens (including phenoxy) is 1. The predicted molar refractivity (Wildman–Crippen MR) is 114 cm³/mol. The van der Waals surface area contributed by atoms with Gasteiger partial charge in [0, 0.05) is 57.5 Å². The summed E-state index contributed by atoms with van der Waals surface area (Å²) < 4.78 is 5.52. The van der Waals surface area contributed by atoms with Crippen molar-refractivity contribution < 1.29 is 9.53 Å². The Hall–Kier alpha value is -1.79. The molecule has 0 saturated carbocycles. The second-order valence-electron chi connectivity index (χ2n) is 7.79. The van der Waals surface area contributed by atoms with Crippen LogP contribution in [0.5, 0.6) is 0 Å². The lowest BCUT2D eigenvalue weighted by atomic mass is 9.92. The number of benzene rings is 1. The third kappa shape index (κ3) is 5.39. The minimum Gasteiger partial charge on any atom is -0.379 e. The van der Waals surface area contributed by atoms with Gasteiger partial charge in [0.25, 0.3) is 0 Å². The Morgan fingerprint density at radius 1 is 1.00 bits per heavy atom. The molecule has 0 aromatic heterocycles. The van der Waals surface area contributed by atoms with Crippen LogP contribution in [0.4, 0.5) is 10.5 Å². The highest BCUT2D eigenvalue weighted by Gasteiger charge is 2.28. The first-order valence-electron chi connectivity index (χ1n) is 10.9. The molecule has 2 heterocycles. The third-order valence-electron chi connectivity index (χ3n) is 6.26. The molecular weight excluding hydrogens is 352 g/mol. The molecule has 2 saturated heterocycles. The zero-order valence-electron chi connectivity index (χ0n) is 17.5. The van der Waals surface area contributed by atoms with E-state index in [1.165, 1.54) is 5.69 Å². The van der Waals surface area contributed by atoms with Gasteiger partial charge in [-0.3, -0.25) is 4.90 Å². The molecule has 1 aromatic rings. The minimum absolute atomic E-state index is 0.0805. The fraction of sp³-hybridized carbons (Fsp3) is 0.682. The van der Waals surface area contributed by atoms with Crippen molar-refractivity contribution in [2.45, 2.75) is 32.7 Å². The largest absolute Gasteiger partial charge is 0.379 e. The molecule has 1 atom stereocenters. The van der Waals surface area contributed by atoms with Crippen LogP contribution in [-0.2, 0) is 4.74 Å². The number of hydrogen-bond donors (Lipinski definition) is 1. The number of hydrogen-bond acceptors (Lipinski definition) is 4. The molecule has 2 aliphatic rings. The van der Waals surface area contributed by atoms with E-state index in [4.69, 9.17) is 4.74 Å². The van der Waals surface area contributed by atoms with Gasteiger partial charge in [0.15, 0.2) is 0 Å². The van der Waals surface area contributed by atoms with Gasteiger partial charge >= 0.3 is 6.03 Å². The van der Waals surface area contributed by atoms with Crippen LogP contribution in [-0.4, -0.2) is 80.9 Å². The van der Waals surface area contributed by atoms with E-state index in [9.17, 15) is 4.79 Å². The van der Waals surface area contributed by atoms with E-state index < -0.39 is 0 Å². The maximum Gasteiger partial charge on any atom is 0.317 e. The summed E-state index contributed by atoms with van der Waals surface area (Å²) in [5.41, 5.74) is 1.24. The second-order valence-corrected chi connectivity index (χ2v) is 7.79. The molecule has 2 aliphatic heterocycles. The second kappa shape index (κ2) is 10.7. The molecule has 0 spiro atoms. The number of piperazine rings is 1. The normalized spacial score (nSPS) is 19.7. The number of urea groups is 1. The number of morpholine rings is 1. The zero-order valence-corrected chi connectivity index (χ0v) is 17.5. The number of carbonyl (C=O) groups excluding carboxylic acids is 1. The Bertz CT molecular complexity index is 579. The van der Waals surface area contributed by atoms with Crippen molar-refractivity contribution in [1.29, 1.82) is 0 Å². The zero-order chi connectivity index (χ0) is 19.8. The first kappa shape index (κ1) is 20.9. The fourth-order valence-corrected chi connectivity index (χ4v) is 4.45. The number of carbonyl (C=O) groups is 1. The molecule has 1 unspecified atom stereocenters. The van der Waals surface area contributed by atoms with E-state index in [2.05, 4.69) is 53.2 Å². The maximum atomic E-state index is 12.8. The Morgan fingerprint density at radius 2 is 1.64 bits per heavy atom. The fourth-order valence-electron chi connectivity index (χ4n) is 4.45. The quantitative estimate of drug-likeness (QED) is 0.780. The van der Waals surface area contributed by atoms with Gasteiger partial charge in [-0.2, -0.15) is 0 Å². The van der Waals surface area contributed by atoms with Crippen molar-refractivity contribution in [2.24, 2.45) is 5.92 Å². The molecule has 1 aromatic carbocycles. The lowest BCUT2D eigenvalue weighted by Crippen LogP contribution is -2.56. The van der Waals surface area contributed by atoms with Gasteiger partial charge < -0.3 is 19.9 Å². The van der Waals surface area contributed by atoms with Crippen LogP contribution in [0.2, 0.25) is 0 Å². The highest BCUT2D eigenvalue weighted by Crippen LogP contribution is 2.20. The molecule has 0 radical (unpaired) electrons. The highest BCUT2D eigenvalue weighted by atomic mass is 16.5. The maximum absolute atomic E-state index is 12.8. The van der Waals surface area contributed by atoms with Gasteiger partial charge in [-0.05, 0) is 18.1 Å². The van der Waals surface area contributed by atoms with E-state index in [1.54, 1.807) is 0 Å². The molecule has 1 N–H and O–H groups in total. The lowest BCUT2D eigenvalue weighted by molar-refractivity contribution is 0.00210. The van der Waals surface area contributed by atoms with Crippen molar-refractivity contribution in [3.63, 3.8) is 0 Å². The Kier molecular flexibility index (Phi) is 7.98. The first-order chi connectivity index (χ1) is 13.7. The molecule has 2 amide bonds. The number of para-hydroxylation sites is 1. The van der Waals surface area contributed by atoms with Crippen LogP contribution in [0.15, 0.2) is 30.3 Å². The van der Waals surface area contributed by atoms with Crippen molar-refractivity contribution in [3.05, 3.63) is 30.3 Å². The predicted octanol–water partition coefficient (Wildman–Crippen LogP) is 2.66. The van der Waals surface area contributed by atoms with Gasteiger partial charge in [0.05, 0.1) is 13.2 Å². The van der Waals surface area contributed by atoms with Crippen LogP contribution >= 0.6 is 0 Å². The molecule has 0 bridgehead atoms. The molecule has 3 rings (SSSR count). The summed E-state index contributed by atoms with van der Waals surface area (Å²) >= 11 is 0. The molecule has 2 fully saturated rings. The monoisotopic (exact) mass is 388 g/mol. The molecule has 156 valence electrons. The lowest BCUT2D eigenvalue weighted by Gasteiger charge is -2.40. The molecular formula is C22H36N4O2. The average Bonchev–Trinajstić information content (AvgIpc) is 2.77. The topological polar surface area (TPSA) is 48.1 Å². The van der Waals surface area contributed by atoms with E-state index >= 15 is 0 Å². The van der Waals surface area contributed by atoms with Crippen LogP contribution in [0.1, 0.15) is 26.7 Å². The summed E-state index contributed by atoms with van der Waals surface area (Å²) in [5, 5.41) is 3.24. The summed E-state index contributed by atoms with van der Waals surface area (Å²) in [6.45, 7) is 12.1. The summed E-state index contributed by atoms with van der Waals surface area (Å²) in [7, 11) is 0. The highest BCUT2D eigenvalue weighted by molar-refractivity contribution is 5.74. The standard InChI is InChI=1S/C22H36N4O2/c1-3-19(4-2)21(25-14-16-28-17-15-25)18-23-22(27)26-12-10-24(11-13-26)20-8-6-5-7-9-20/h5-9,19,21H,3-4,10-18H2,1-2H3,(H,23,27). The Labute approximate surface area is 169 Å². The molecule has 0 aliphatic carbocycles. The Morgan fingerprint density at radius 3 is 2.25 bits per heavy atom. The van der Waals surface area contributed by atoms with Gasteiger partial charge in [0.2, 0.25) is 0 Å². The SMILES string of the molecule is CCC(CC)C(CNC(=O)N1CCN(c2ccccc2)CC1)N1CCOCC1. The van der Waals surface area contributed by atoms with E-state index in [1.807, 2.05) is 11.0 Å².